The molecular formula is C19H21ClF2N4O. The van der Waals surface area contributed by atoms with E-state index in [1.165, 1.54) is 12.4 Å². The zero-order valence-corrected chi connectivity index (χ0v) is 14.8. The number of hydrogen-bond acceptors (Lipinski definition) is 4. The normalized spacial score (nSPS) is 29.9. The third kappa shape index (κ3) is 4.99. The Kier molecular flexibility index (Phi) is 3.38. The number of alkyl halides is 1. The molecule has 27 heavy (non-hydrogen) atoms. The molecule has 8 heteroatoms. The number of hydrogen-bond donors (Lipinski definition) is 1. The predicted octanol–water partition coefficient (Wildman–Crippen LogP) is 3.31. The van der Waals surface area contributed by atoms with Crippen molar-refractivity contribution >= 4 is 17.5 Å². The van der Waals surface area contributed by atoms with Crippen LogP contribution in [0.1, 0.15) is 46.8 Å². The number of halogens is 3. The van der Waals surface area contributed by atoms with Gasteiger partial charge in [0.15, 0.2) is 0 Å². The molecular weight excluding hydrogens is 374 g/mol. The Morgan fingerprint density at radius 1 is 1.41 bits per heavy atom. The van der Waals surface area contributed by atoms with E-state index in [-0.39, 0.29) is 10.7 Å². The summed E-state index contributed by atoms with van der Waals surface area (Å²) < 4.78 is 104. The van der Waals surface area contributed by atoms with Gasteiger partial charge in [-0.05, 0) is 30.7 Å². The van der Waals surface area contributed by atoms with Crippen molar-refractivity contribution < 1.29 is 25.9 Å². The topological polar surface area (TPSA) is 58.1 Å². The number of carbonyl (C=O) groups is 1. The van der Waals surface area contributed by atoms with Crippen LogP contribution in [-0.4, -0.2) is 46.0 Å². The van der Waals surface area contributed by atoms with Crippen LogP contribution in [0.15, 0.2) is 30.6 Å². The Morgan fingerprint density at radius 2 is 2.07 bits per heavy atom. The molecule has 1 atom stereocenters. The minimum atomic E-state index is -3.95. The van der Waals surface area contributed by atoms with Crippen LogP contribution >= 0.6 is 11.6 Å². The SMILES string of the molecule is [2H]C(NCC1(F)C([2H])([2H])C([2H])([2H])N(C(=O)c2ccc(F)c(Cl)c2)C([2H])([2H])C1([2H])[2H])c1ncc(C)cn1. The molecule has 1 aromatic carbocycles. The lowest BCUT2D eigenvalue weighted by atomic mass is 9.92. The van der Waals surface area contributed by atoms with E-state index in [4.69, 9.17) is 23.9 Å². The zero-order chi connectivity index (χ0) is 27.5. The molecule has 1 aliphatic heterocycles. The molecule has 1 aliphatic rings. The number of nitrogens with zero attached hydrogens (tertiary/aromatic N) is 3. The summed E-state index contributed by atoms with van der Waals surface area (Å²) in [5, 5.41) is 1.62. The van der Waals surface area contributed by atoms with Crippen molar-refractivity contribution in [2.45, 2.75) is 31.9 Å². The monoisotopic (exact) mass is 403 g/mol. The molecule has 1 saturated heterocycles. The van der Waals surface area contributed by atoms with Gasteiger partial charge in [0.1, 0.15) is 17.3 Å². The Balaban J connectivity index is 2.05. The van der Waals surface area contributed by atoms with E-state index < -0.39 is 66.8 Å². The largest absolute Gasteiger partial charge is 0.338 e. The van der Waals surface area contributed by atoms with Crippen molar-refractivity contribution in [2.75, 3.05) is 19.5 Å². The number of rotatable bonds is 5. The summed E-state index contributed by atoms with van der Waals surface area (Å²) in [4.78, 5) is 20.5. The van der Waals surface area contributed by atoms with E-state index in [9.17, 15) is 9.18 Å². The highest BCUT2D eigenvalue weighted by Crippen LogP contribution is 2.27. The third-order valence-electron chi connectivity index (χ3n) is 3.48. The summed E-state index contributed by atoms with van der Waals surface area (Å²) in [6.45, 7) is -8.83. The maximum Gasteiger partial charge on any atom is 0.253 e. The number of benzene rings is 1. The quantitative estimate of drug-likeness (QED) is 0.832. The number of piperidine rings is 1. The Morgan fingerprint density at radius 3 is 2.70 bits per heavy atom. The lowest BCUT2D eigenvalue weighted by molar-refractivity contribution is 0.0434. The highest BCUT2D eigenvalue weighted by Gasteiger charge is 2.36. The van der Waals surface area contributed by atoms with E-state index in [0.29, 0.717) is 5.56 Å². The highest BCUT2D eigenvalue weighted by atomic mass is 35.5. The van der Waals surface area contributed by atoms with Gasteiger partial charge in [0.25, 0.3) is 5.91 Å². The Labute approximate surface area is 174 Å². The average Bonchev–Trinajstić information content (AvgIpc) is 2.78. The molecule has 1 N–H and O–H groups in total. The standard InChI is InChI=1S/C19H21ClF2N4O/c1-13-9-24-17(25-10-13)11-23-12-19(22)4-6-26(7-5-19)18(27)14-2-3-16(21)15(20)8-14/h2-3,8-10,23H,4-7,11-12H2,1H3/i4D2,5D2,6D2,7D2,11D. The first-order chi connectivity index (χ1) is 16.3. The lowest BCUT2D eigenvalue weighted by Gasteiger charge is -2.36. The summed E-state index contributed by atoms with van der Waals surface area (Å²) in [6.07, 6.45) is -5.01. The minimum absolute atomic E-state index is 0.169. The fraction of sp³-hybridized carbons (Fsp3) is 0.421. The molecule has 0 aliphatic carbocycles. The molecule has 1 amide bonds. The number of nitrogens with one attached hydrogen (secondary N) is 1. The summed E-state index contributed by atoms with van der Waals surface area (Å²) in [5.41, 5.74) is -3.87. The molecule has 0 bridgehead atoms. The van der Waals surface area contributed by atoms with Crippen molar-refractivity contribution in [2.24, 2.45) is 0 Å². The van der Waals surface area contributed by atoms with E-state index in [2.05, 4.69) is 15.3 Å². The lowest BCUT2D eigenvalue weighted by Crippen LogP contribution is -2.48. The van der Waals surface area contributed by atoms with Crippen molar-refractivity contribution in [1.29, 1.82) is 0 Å². The van der Waals surface area contributed by atoms with Crippen LogP contribution in [0.25, 0.3) is 0 Å². The summed E-state index contributed by atoms with van der Waals surface area (Å²) in [6, 6.07) is 2.30. The average molecular weight is 404 g/mol. The van der Waals surface area contributed by atoms with Crippen LogP contribution in [0, 0.1) is 12.7 Å². The predicted molar refractivity (Wildman–Crippen MR) is 98.9 cm³/mol. The third-order valence-corrected chi connectivity index (χ3v) is 3.77. The molecule has 5 nitrogen and oxygen atoms in total. The van der Waals surface area contributed by atoms with E-state index in [0.717, 1.165) is 18.2 Å². The second-order valence-corrected chi connectivity index (χ2v) is 6.10. The molecule has 0 radical (unpaired) electrons. The van der Waals surface area contributed by atoms with Gasteiger partial charge in [-0.2, -0.15) is 0 Å². The summed E-state index contributed by atoms with van der Waals surface area (Å²) in [7, 11) is 0. The fourth-order valence-corrected chi connectivity index (χ4v) is 2.24. The Bertz CT molecular complexity index is 1140. The second-order valence-electron chi connectivity index (χ2n) is 5.69. The first kappa shape index (κ1) is 11.0. The molecule has 2 aromatic rings. The van der Waals surface area contributed by atoms with Crippen molar-refractivity contribution in [1.82, 2.24) is 20.2 Å². The Hall–Kier alpha value is -2.12. The zero-order valence-electron chi connectivity index (χ0n) is 23.1. The van der Waals surface area contributed by atoms with Crippen molar-refractivity contribution in [3.63, 3.8) is 0 Å². The number of likely N-dealkylation sites (tertiary alicyclic amines) is 1. The van der Waals surface area contributed by atoms with Crippen LogP contribution in [0.5, 0.6) is 0 Å². The van der Waals surface area contributed by atoms with Gasteiger partial charge in [0, 0.05) is 61.2 Å². The summed E-state index contributed by atoms with van der Waals surface area (Å²) >= 11 is 5.65. The van der Waals surface area contributed by atoms with Gasteiger partial charge in [0.05, 0.1) is 12.9 Å². The van der Waals surface area contributed by atoms with Crippen LogP contribution in [0.4, 0.5) is 8.78 Å². The van der Waals surface area contributed by atoms with Gasteiger partial charge in [0.2, 0.25) is 0 Å². The van der Waals surface area contributed by atoms with E-state index in [1.54, 1.807) is 6.92 Å². The van der Waals surface area contributed by atoms with Gasteiger partial charge in [-0.15, -0.1) is 0 Å². The molecule has 2 heterocycles. The van der Waals surface area contributed by atoms with Crippen LogP contribution < -0.4 is 5.32 Å². The maximum atomic E-state index is 16.4. The number of aryl methyl sites for hydroxylation is 1. The maximum absolute atomic E-state index is 16.4. The van der Waals surface area contributed by atoms with Crippen LogP contribution in [0.3, 0.4) is 0 Å². The molecule has 0 saturated carbocycles. The molecule has 144 valence electrons. The highest BCUT2D eigenvalue weighted by molar-refractivity contribution is 6.31. The van der Waals surface area contributed by atoms with Gasteiger partial charge < -0.3 is 10.2 Å². The first-order valence-electron chi connectivity index (χ1n) is 12.3. The van der Waals surface area contributed by atoms with Crippen LogP contribution in [-0.2, 0) is 6.52 Å². The van der Waals surface area contributed by atoms with Gasteiger partial charge >= 0.3 is 0 Å². The number of aromatic nitrogens is 2. The minimum Gasteiger partial charge on any atom is -0.338 e. The van der Waals surface area contributed by atoms with Gasteiger partial charge in [-0.25, -0.2) is 18.7 Å². The second kappa shape index (κ2) is 8.27. The molecule has 1 fully saturated rings. The van der Waals surface area contributed by atoms with Crippen LogP contribution in [0.2, 0.25) is 5.02 Å². The first-order valence-corrected chi connectivity index (χ1v) is 8.13. The molecule has 1 aromatic heterocycles. The van der Waals surface area contributed by atoms with E-state index in [1.807, 2.05) is 0 Å². The molecule has 0 spiro atoms. The van der Waals surface area contributed by atoms with Gasteiger partial charge in [-0.3, -0.25) is 4.79 Å². The van der Waals surface area contributed by atoms with Crippen molar-refractivity contribution in [3.05, 3.63) is 58.4 Å². The van der Waals surface area contributed by atoms with Gasteiger partial charge in [-0.1, -0.05) is 11.6 Å². The molecule has 1 unspecified atom stereocenters. The fourth-order valence-electron chi connectivity index (χ4n) is 2.06. The number of carbonyl (C=O) groups excluding carboxylic acids is 1. The number of amides is 1. The summed E-state index contributed by atoms with van der Waals surface area (Å²) in [5.74, 6) is -2.70. The van der Waals surface area contributed by atoms with Crippen molar-refractivity contribution in [3.8, 4) is 0 Å². The van der Waals surface area contributed by atoms with E-state index >= 15 is 4.39 Å². The molecule has 3 rings (SSSR count). The smallest absolute Gasteiger partial charge is 0.253 e.